The first-order chi connectivity index (χ1) is 8.04. The van der Waals surface area contributed by atoms with Crippen molar-refractivity contribution in [3.8, 4) is 5.75 Å². The van der Waals surface area contributed by atoms with Crippen LogP contribution < -0.4 is 10.5 Å². The molecule has 0 spiro atoms. The Morgan fingerprint density at radius 3 is 2.88 bits per heavy atom. The summed E-state index contributed by atoms with van der Waals surface area (Å²) in [5.41, 5.74) is 5.38. The number of benzene rings is 1. The molecule has 0 aliphatic rings. The maximum absolute atomic E-state index is 13.1. The van der Waals surface area contributed by atoms with Gasteiger partial charge in [0, 0.05) is 12.0 Å². The summed E-state index contributed by atoms with van der Waals surface area (Å²) in [5, 5.41) is 9.87. The molecule has 0 radical (unpaired) electrons. The summed E-state index contributed by atoms with van der Waals surface area (Å²) in [6.45, 7) is 0. The van der Waals surface area contributed by atoms with Crippen LogP contribution in [0, 0.1) is 5.82 Å². The van der Waals surface area contributed by atoms with E-state index in [9.17, 15) is 14.3 Å². The molecule has 0 fully saturated rings. The number of aliphatic hydroxyl groups excluding tert-OH is 1. The molecular weight excluding hydrogens is 225 g/mol. The van der Waals surface area contributed by atoms with E-state index in [1.54, 1.807) is 0 Å². The van der Waals surface area contributed by atoms with Gasteiger partial charge in [0.05, 0.1) is 13.2 Å². The second-order valence-electron chi connectivity index (χ2n) is 3.76. The fourth-order valence-electron chi connectivity index (χ4n) is 1.59. The van der Waals surface area contributed by atoms with Gasteiger partial charge in [0.25, 0.3) is 0 Å². The fourth-order valence-corrected chi connectivity index (χ4v) is 1.59. The number of aliphatic hydroxyl groups is 1. The monoisotopic (exact) mass is 241 g/mol. The number of hydrogen-bond donors (Lipinski definition) is 2. The maximum Gasteiger partial charge on any atom is 0.217 e. The Labute approximate surface area is 99.2 Å². The molecule has 94 valence electrons. The minimum atomic E-state index is -0.861. The van der Waals surface area contributed by atoms with E-state index in [1.807, 2.05) is 0 Å². The van der Waals surface area contributed by atoms with E-state index in [0.29, 0.717) is 24.2 Å². The number of carbonyl (C=O) groups excluding carboxylic acids is 1. The van der Waals surface area contributed by atoms with Crippen molar-refractivity contribution >= 4 is 5.91 Å². The van der Waals surface area contributed by atoms with Crippen LogP contribution in [0.2, 0.25) is 0 Å². The van der Waals surface area contributed by atoms with Crippen LogP contribution in [0.3, 0.4) is 0 Å². The molecule has 5 heteroatoms. The Bertz CT molecular complexity index is 395. The summed E-state index contributed by atoms with van der Waals surface area (Å²) >= 11 is 0. The van der Waals surface area contributed by atoms with Crippen molar-refractivity contribution in [3.05, 3.63) is 29.6 Å². The van der Waals surface area contributed by atoms with Gasteiger partial charge >= 0.3 is 0 Å². The van der Waals surface area contributed by atoms with Crippen molar-refractivity contribution in [2.24, 2.45) is 5.73 Å². The zero-order chi connectivity index (χ0) is 12.8. The van der Waals surface area contributed by atoms with Gasteiger partial charge in [-0.15, -0.1) is 0 Å². The van der Waals surface area contributed by atoms with Gasteiger partial charge in [-0.05, 0) is 31.0 Å². The van der Waals surface area contributed by atoms with Crippen molar-refractivity contribution < 1.29 is 19.0 Å². The molecule has 1 atom stereocenters. The number of hydrogen-bond acceptors (Lipinski definition) is 3. The third kappa shape index (κ3) is 4.03. The highest BCUT2D eigenvalue weighted by Crippen LogP contribution is 2.28. The van der Waals surface area contributed by atoms with Gasteiger partial charge in [-0.25, -0.2) is 4.39 Å². The molecule has 0 aliphatic carbocycles. The number of primary amides is 1. The number of carbonyl (C=O) groups is 1. The first-order valence-corrected chi connectivity index (χ1v) is 5.34. The molecule has 0 bridgehead atoms. The number of rotatable bonds is 6. The lowest BCUT2D eigenvalue weighted by Gasteiger charge is -2.14. The fraction of sp³-hybridized carbons (Fsp3) is 0.417. The molecule has 1 aromatic carbocycles. The quantitative estimate of drug-likeness (QED) is 0.793. The number of methoxy groups -OCH3 is 1. The summed E-state index contributed by atoms with van der Waals surface area (Å²) < 4.78 is 18.1. The predicted octanol–water partition coefficient (Wildman–Crippen LogP) is 1.52. The van der Waals surface area contributed by atoms with Crippen LogP contribution in [0.25, 0.3) is 0 Å². The van der Waals surface area contributed by atoms with Gasteiger partial charge in [-0.3, -0.25) is 4.79 Å². The van der Waals surface area contributed by atoms with Gasteiger partial charge in [-0.2, -0.15) is 0 Å². The number of halogens is 1. The summed E-state index contributed by atoms with van der Waals surface area (Å²) in [5.74, 6) is -0.420. The standard InChI is InChI=1S/C12H16FNO3/c1-17-11-6-5-8(13)7-9(11)10(15)3-2-4-12(14)16/h5-7,10,15H,2-4H2,1H3,(H2,14,16). The van der Waals surface area contributed by atoms with Crippen LogP contribution in [0.4, 0.5) is 4.39 Å². The molecule has 1 amide bonds. The van der Waals surface area contributed by atoms with Crippen LogP contribution >= 0.6 is 0 Å². The zero-order valence-electron chi connectivity index (χ0n) is 9.65. The average Bonchev–Trinajstić information content (AvgIpc) is 2.28. The highest BCUT2D eigenvalue weighted by molar-refractivity contribution is 5.73. The molecule has 1 rings (SSSR count). The molecular formula is C12H16FNO3. The van der Waals surface area contributed by atoms with Crippen LogP contribution in [0.5, 0.6) is 5.75 Å². The molecule has 0 heterocycles. The lowest BCUT2D eigenvalue weighted by molar-refractivity contribution is -0.118. The maximum atomic E-state index is 13.1. The molecule has 4 nitrogen and oxygen atoms in total. The second kappa shape index (κ2) is 6.20. The molecule has 1 unspecified atom stereocenters. The number of ether oxygens (including phenoxy) is 1. The topological polar surface area (TPSA) is 72.6 Å². The van der Waals surface area contributed by atoms with Gasteiger partial charge in [0.1, 0.15) is 11.6 Å². The second-order valence-corrected chi connectivity index (χ2v) is 3.76. The number of nitrogens with two attached hydrogens (primary N) is 1. The van der Waals surface area contributed by atoms with Gasteiger partial charge in [-0.1, -0.05) is 0 Å². The van der Waals surface area contributed by atoms with E-state index in [0.717, 1.165) is 0 Å². The Morgan fingerprint density at radius 1 is 1.59 bits per heavy atom. The Hall–Kier alpha value is -1.62. The van der Waals surface area contributed by atoms with E-state index in [1.165, 1.54) is 25.3 Å². The van der Waals surface area contributed by atoms with Gasteiger partial charge in [0.2, 0.25) is 5.91 Å². The molecule has 0 saturated carbocycles. The third-order valence-electron chi connectivity index (χ3n) is 2.45. The Morgan fingerprint density at radius 2 is 2.29 bits per heavy atom. The minimum absolute atomic E-state index is 0.203. The van der Waals surface area contributed by atoms with Crippen molar-refractivity contribution in [1.29, 1.82) is 0 Å². The first-order valence-electron chi connectivity index (χ1n) is 5.34. The van der Waals surface area contributed by atoms with Crippen molar-refractivity contribution in [3.63, 3.8) is 0 Å². The van der Waals surface area contributed by atoms with Gasteiger partial charge in [0.15, 0.2) is 0 Å². The Balaban J connectivity index is 2.69. The van der Waals surface area contributed by atoms with E-state index in [-0.39, 0.29) is 6.42 Å². The highest BCUT2D eigenvalue weighted by Gasteiger charge is 2.14. The van der Waals surface area contributed by atoms with E-state index in [2.05, 4.69) is 0 Å². The minimum Gasteiger partial charge on any atom is -0.496 e. The normalized spacial score (nSPS) is 12.2. The molecule has 3 N–H and O–H groups in total. The smallest absolute Gasteiger partial charge is 0.217 e. The average molecular weight is 241 g/mol. The SMILES string of the molecule is COc1ccc(F)cc1C(O)CCCC(N)=O. The lowest BCUT2D eigenvalue weighted by atomic mass is 10.0. The molecule has 17 heavy (non-hydrogen) atoms. The Kier molecular flexibility index (Phi) is 4.90. The van der Waals surface area contributed by atoms with Crippen LogP contribution in [-0.2, 0) is 4.79 Å². The van der Waals surface area contributed by atoms with E-state index >= 15 is 0 Å². The first kappa shape index (κ1) is 13.4. The van der Waals surface area contributed by atoms with Crippen LogP contribution in [0.15, 0.2) is 18.2 Å². The largest absolute Gasteiger partial charge is 0.496 e. The summed E-state index contributed by atoms with van der Waals surface area (Å²) in [6.07, 6.45) is 0.133. The van der Waals surface area contributed by atoms with Crippen molar-refractivity contribution in [1.82, 2.24) is 0 Å². The number of amides is 1. The summed E-state index contributed by atoms with van der Waals surface area (Å²) in [7, 11) is 1.45. The lowest BCUT2D eigenvalue weighted by Crippen LogP contribution is -2.10. The van der Waals surface area contributed by atoms with Crippen molar-refractivity contribution in [2.75, 3.05) is 7.11 Å². The van der Waals surface area contributed by atoms with Crippen molar-refractivity contribution in [2.45, 2.75) is 25.4 Å². The van der Waals surface area contributed by atoms with E-state index in [4.69, 9.17) is 10.5 Å². The predicted molar refractivity (Wildman–Crippen MR) is 61.0 cm³/mol. The highest BCUT2D eigenvalue weighted by atomic mass is 19.1. The molecule has 0 aliphatic heterocycles. The molecule has 0 aromatic heterocycles. The summed E-state index contributed by atoms with van der Waals surface area (Å²) in [4.78, 5) is 10.6. The molecule has 0 saturated heterocycles. The molecule has 1 aromatic rings. The van der Waals surface area contributed by atoms with Crippen LogP contribution in [-0.4, -0.2) is 18.1 Å². The van der Waals surface area contributed by atoms with Gasteiger partial charge < -0.3 is 15.6 Å². The zero-order valence-corrected chi connectivity index (χ0v) is 9.65. The van der Waals surface area contributed by atoms with E-state index < -0.39 is 17.8 Å². The summed E-state index contributed by atoms with van der Waals surface area (Å²) in [6, 6.07) is 3.95. The third-order valence-corrected chi connectivity index (χ3v) is 2.45. The van der Waals surface area contributed by atoms with Crippen LogP contribution in [0.1, 0.15) is 30.9 Å².